The molecular weight excluding hydrogens is 618 g/mol. The first-order chi connectivity index (χ1) is 21.4. The first-order valence-electron chi connectivity index (χ1n) is 13.6. The highest BCUT2D eigenvalue weighted by molar-refractivity contribution is 7.13. The fourth-order valence-electron chi connectivity index (χ4n) is 5.25. The molecule has 2 aromatic carbocycles. The van der Waals surface area contributed by atoms with E-state index in [1.54, 1.807) is 4.57 Å². The van der Waals surface area contributed by atoms with Crippen molar-refractivity contribution in [3.05, 3.63) is 81.6 Å². The van der Waals surface area contributed by atoms with Crippen LogP contribution in [0.15, 0.2) is 36.4 Å². The molecule has 1 aliphatic heterocycles. The second-order valence-electron chi connectivity index (χ2n) is 11.1. The summed E-state index contributed by atoms with van der Waals surface area (Å²) in [7, 11) is 1.42. The van der Waals surface area contributed by atoms with Gasteiger partial charge in [-0.2, -0.15) is 0 Å². The van der Waals surface area contributed by atoms with E-state index in [1.165, 1.54) is 19.2 Å². The average Bonchev–Trinajstić information content (AvgIpc) is 3.70. The molecular formula is C30H25F4N5O5S. The third-order valence-electron chi connectivity index (χ3n) is 7.56. The van der Waals surface area contributed by atoms with Crippen LogP contribution in [0.1, 0.15) is 46.6 Å². The summed E-state index contributed by atoms with van der Waals surface area (Å²) in [6, 6.07) is 5.92. The number of aromatic carboxylic acids is 1. The summed E-state index contributed by atoms with van der Waals surface area (Å²) in [6.45, 7) is 4.30. The molecule has 0 radical (unpaired) electrons. The number of halogens is 4. The van der Waals surface area contributed by atoms with Crippen molar-refractivity contribution >= 4 is 28.3 Å². The summed E-state index contributed by atoms with van der Waals surface area (Å²) in [5.74, 6) is -4.89. The van der Waals surface area contributed by atoms with Gasteiger partial charge >= 0.3 is 5.97 Å². The maximum atomic E-state index is 15.6. The third-order valence-corrected chi connectivity index (χ3v) is 8.42. The number of rotatable bonds is 9. The lowest BCUT2D eigenvalue weighted by Crippen LogP contribution is -2.27. The molecule has 5 aromatic rings. The number of carbonyl (C=O) groups is 1. The summed E-state index contributed by atoms with van der Waals surface area (Å²) >= 11 is 1.09. The Labute approximate surface area is 257 Å². The highest BCUT2D eigenvalue weighted by Gasteiger charge is 2.39. The van der Waals surface area contributed by atoms with E-state index in [2.05, 4.69) is 20.2 Å². The van der Waals surface area contributed by atoms with E-state index in [9.17, 15) is 14.3 Å². The summed E-state index contributed by atoms with van der Waals surface area (Å²) in [6.07, 6.45) is -0.247. The van der Waals surface area contributed by atoms with Crippen LogP contribution in [0.5, 0.6) is 11.1 Å². The predicted octanol–water partition coefficient (Wildman–Crippen LogP) is 5.98. The Balaban J connectivity index is 1.35. The monoisotopic (exact) mass is 643 g/mol. The quantitative estimate of drug-likeness (QED) is 0.193. The largest absolute Gasteiger partial charge is 0.478 e. The zero-order valence-electron chi connectivity index (χ0n) is 24.1. The van der Waals surface area contributed by atoms with Crippen molar-refractivity contribution in [1.82, 2.24) is 24.7 Å². The van der Waals surface area contributed by atoms with E-state index in [4.69, 9.17) is 14.2 Å². The molecule has 1 atom stereocenters. The van der Waals surface area contributed by atoms with Gasteiger partial charge in [-0.25, -0.2) is 32.3 Å². The molecule has 1 unspecified atom stereocenters. The lowest BCUT2D eigenvalue weighted by molar-refractivity contribution is 0.0696. The maximum absolute atomic E-state index is 15.6. The SMILES string of the molecule is COc1nnc(COc2nc(-c3cc(F)c(Cc4nc5c(F)cc(C(=O)O)cc5n4C4COCC4(C)C)cc3F)ccc2F)s1. The van der Waals surface area contributed by atoms with Gasteiger partial charge in [0.1, 0.15) is 29.6 Å². The topological polar surface area (TPSA) is 121 Å². The molecule has 0 saturated carbocycles. The van der Waals surface area contributed by atoms with Crippen molar-refractivity contribution in [2.75, 3.05) is 20.3 Å². The molecule has 0 spiro atoms. The molecule has 45 heavy (non-hydrogen) atoms. The van der Waals surface area contributed by atoms with Crippen LogP contribution in [0.25, 0.3) is 22.3 Å². The first kappa shape index (κ1) is 30.4. The number of pyridine rings is 1. The van der Waals surface area contributed by atoms with Crippen LogP contribution in [0.3, 0.4) is 0 Å². The molecule has 15 heteroatoms. The molecule has 1 aliphatic rings. The Morgan fingerprint density at radius 1 is 1.07 bits per heavy atom. The molecule has 0 bridgehead atoms. The number of methoxy groups -OCH3 is 1. The van der Waals surface area contributed by atoms with E-state index in [0.29, 0.717) is 16.8 Å². The van der Waals surface area contributed by atoms with Gasteiger partial charge in [0.05, 0.1) is 43.1 Å². The molecule has 10 nitrogen and oxygen atoms in total. The van der Waals surface area contributed by atoms with E-state index in [1.807, 2.05) is 13.8 Å². The van der Waals surface area contributed by atoms with Crippen LogP contribution in [0.4, 0.5) is 17.6 Å². The Bertz CT molecular complexity index is 1950. The number of fused-ring (bicyclic) bond motifs is 1. The van der Waals surface area contributed by atoms with Crippen LogP contribution >= 0.6 is 11.3 Å². The second-order valence-corrected chi connectivity index (χ2v) is 12.1. The van der Waals surface area contributed by atoms with E-state index in [-0.39, 0.29) is 58.9 Å². The van der Waals surface area contributed by atoms with Crippen LogP contribution < -0.4 is 9.47 Å². The Morgan fingerprint density at radius 3 is 2.56 bits per heavy atom. The number of ether oxygens (including phenoxy) is 3. The van der Waals surface area contributed by atoms with Crippen LogP contribution in [0.2, 0.25) is 0 Å². The van der Waals surface area contributed by atoms with E-state index < -0.39 is 46.6 Å². The fraction of sp³-hybridized carbons (Fsp3) is 0.300. The zero-order chi connectivity index (χ0) is 32.0. The van der Waals surface area contributed by atoms with Gasteiger partial charge in [-0.05, 0) is 42.0 Å². The minimum atomic E-state index is -1.32. The average molecular weight is 644 g/mol. The van der Waals surface area contributed by atoms with Crippen molar-refractivity contribution in [2.45, 2.75) is 32.9 Å². The molecule has 1 N–H and O–H groups in total. The summed E-state index contributed by atoms with van der Waals surface area (Å²) in [5.41, 5.74) is -1.03. The van der Waals surface area contributed by atoms with E-state index >= 15 is 13.2 Å². The minimum absolute atomic E-state index is 0.0791. The standard InChI is InChI=1S/C30H25F4N5O5S/c1-30(2)13-43-11-23(30)39-22-8-15(28(40)41)7-20(34)26(22)36-24(39)9-14-6-19(33)16(10-18(14)32)21-5-4-17(31)27(35-21)44-12-25-37-38-29(42-3)45-25/h4-8,10,23H,9,11-13H2,1-3H3,(H,40,41). The minimum Gasteiger partial charge on any atom is -0.478 e. The maximum Gasteiger partial charge on any atom is 0.335 e. The Hall–Kier alpha value is -4.63. The van der Waals surface area contributed by atoms with Gasteiger partial charge in [-0.1, -0.05) is 30.3 Å². The highest BCUT2D eigenvalue weighted by atomic mass is 32.1. The van der Waals surface area contributed by atoms with Crippen molar-refractivity contribution in [3.63, 3.8) is 0 Å². The molecule has 1 fully saturated rings. The second kappa shape index (κ2) is 11.7. The molecule has 6 rings (SSSR count). The van der Waals surface area contributed by atoms with Gasteiger partial charge in [0.2, 0.25) is 0 Å². The molecule has 0 aliphatic carbocycles. The van der Waals surface area contributed by atoms with Gasteiger partial charge in [0.25, 0.3) is 11.1 Å². The molecule has 0 amide bonds. The van der Waals surface area contributed by atoms with Gasteiger partial charge in [0, 0.05) is 17.4 Å². The number of hydrogen-bond donors (Lipinski definition) is 1. The Morgan fingerprint density at radius 2 is 1.87 bits per heavy atom. The van der Waals surface area contributed by atoms with Crippen LogP contribution in [0, 0.1) is 28.7 Å². The molecule has 234 valence electrons. The molecule has 4 heterocycles. The summed E-state index contributed by atoms with van der Waals surface area (Å²) < 4.78 is 78.4. The van der Waals surface area contributed by atoms with Crippen molar-refractivity contribution < 1.29 is 41.7 Å². The molecule has 1 saturated heterocycles. The number of hydrogen-bond acceptors (Lipinski definition) is 9. The lowest BCUT2D eigenvalue weighted by atomic mass is 9.87. The van der Waals surface area contributed by atoms with E-state index in [0.717, 1.165) is 35.6 Å². The third kappa shape index (κ3) is 5.80. The number of benzene rings is 2. The van der Waals surface area contributed by atoms with Crippen LogP contribution in [-0.4, -0.2) is 56.1 Å². The van der Waals surface area contributed by atoms with Crippen LogP contribution in [-0.2, 0) is 17.8 Å². The van der Waals surface area contributed by atoms with Gasteiger partial charge in [-0.3, -0.25) is 0 Å². The normalized spacial score (nSPS) is 15.9. The van der Waals surface area contributed by atoms with Gasteiger partial charge in [-0.15, -0.1) is 5.10 Å². The number of nitrogens with zero attached hydrogens (tertiary/aromatic N) is 5. The smallest absolute Gasteiger partial charge is 0.335 e. The van der Waals surface area contributed by atoms with Crippen molar-refractivity contribution in [3.8, 4) is 22.3 Å². The Kier molecular flexibility index (Phi) is 7.91. The van der Waals surface area contributed by atoms with Crippen molar-refractivity contribution in [2.24, 2.45) is 5.41 Å². The zero-order valence-corrected chi connectivity index (χ0v) is 24.9. The lowest BCUT2D eigenvalue weighted by Gasteiger charge is -2.28. The van der Waals surface area contributed by atoms with Crippen molar-refractivity contribution in [1.29, 1.82) is 0 Å². The molecule has 3 aromatic heterocycles. The highest BCUT2D eigenvalue weighted by Crippen LogP contribution is 2.41. The van der Waals surface area contributed by atoms with Gasteiger partial charge < -0.3 is 23.9 Å². The first-order valence-corrected chi connectivity index (χ1v) is 14.4. The predicted molar refractivity (Wildman–Crippen MR) is 153 cm³/mol. The number of carboxylic acids is 1. The number of carboxylic acid groups (broad SMARTS) is 1. The summed E-state index contributed by atoms with van der Waals surface area (Å²) in [5, 5.41) is 17.8. The number of imidazole rings is 1. The fourth-order valence-corrected chi connectivity index (χ4v) is 5.82. The summed E-state index contributed by atoms with van der Waals surface area (Å²) in [4.78, 5) is 20.1. The van der Waals surface area contributed by atoms with Gasteiger partial charge in [0.15, 0.2) is 16.6 Å². The number of aromatic nitrogens is 5.